The summed E-state index contributed by atoms with van der Waals surface area (Å²) >= 11 is 0. The third-order valence-electron chi connectivity index (χ3n) is 7.23. The Labute approximate surface area is 204 Å². The van der Waals surface area contributed by atoms with Crippen molar-refractivity contribution in [3.63, 3.8) is 0 Å². The molecule has 2 nitrogen and oxygen atoms in total. The van der Waals surface area contributed by atoms with Crippen molar-refractivity contribution in [3.8, 4) is 5.75 Å². The fourth-order valence-electron chi connectivity index (χ4n) is 5.67. The van der Waals surface area contributed by atoms with Crippen LogP contribution in [-0.2, 0) is 0 Å². The molecule has 6 aromatic rings. The monoisotopic (exact) mass is 469 g/mol. The molecule has 0 saturated heterocycles. The normalized spacial score (nSPS) is 16.5. The first-order valence-electron chi connectivity index (χ1n) is 11.9. The first-order chi connectivity index (χ1) is 17.3. The van der Waals surface area contributed by atoms with Crippen LogP contribution in [0.5, 0.6) is 5.75 Å². The molecule has 0 atom stereocenters. The summed E-state index contributed by atoms with van der Waals surface area (Å²) in [5.74, 6) is 0.925. The molecule has 1 aliphatic heterocycles. The van der Waals surface area contributed by atoms with E-state index in [9.17, 15) is 0 Å². The molecule has 7 rings (SSSR count). The average Bonchev–Trinajstić information content (AvgIpc) is 3.35. The molecule has 0 spiro atoms. The van der Waals surface area contributed by atoms with Crippen LogP contribution in [-0.4, -0.2) is 0 Å². The van der Waals surface area contributed by atoms with Gasteiger partial charge in [-0.25, -0.2) is 0 Å². The van der Waals surface area contributed by atoms with E-state index < -0.39 is 6.98 Å². The van der Waals surface area contributed by atoms with Gasteiger partial charge >= 0.3 is 205 Å². The van der Waals surface area contributed by atoms with Gasteiger partial charge in [0.1, 0.15) is 0 Å². The predicted molar refractivity (Wildman–Crippen MR) is 151 cm³/mol. The Morgan fingerprint density at radius 1 is 0.400 bits per heavy atom. The Morgan fingerprint density at radius 2 is 0.771 bits per heavy atom. The van der Waals surface area contributed by atoms with Gasteiger partial charge in [0.25, 0.3) is 0 Å². The third-order valence-corrected chi connectivity index (χ3v) is 12.3. The van der Waals surface area contributed by atoms with Gasteiger partial charge in [0.05, 0.1) is 0 Å². The second-order valence-corrected chi connectivity index (χ2v) is 13.1. The molecule has 0 aromatic heterocycles. The van der Waals surface area contributed by atoms with Gasteiger partial charge in [0, 0.05) is 0 Å². The number of fused-ring (bicyclic) bond motifs is 6. The van der Waals surface area contributed by atoms with Crippen molar-refractivity contribution in [2.24, 2.45) is 0 Å². The van der Waals surface area contributed by atoms with Crippen LogP contribution in [0.2, 0.25) is 0 Å². The van der Waals surface area contributed by atoms with Gasteiger partial charge in [-0.3, -0.25) is 0 Å². The van der Waals surface area contributed by atoms with Gasteiger partial charge in [0.15, 0.2) is 0 Å². The van der Waals surface area contributed by atoms with Crippen molar-refractivity contribution in [1.29, 1.82) is 0 Å². The fourth-order valence-corrected chi connectivity index (χ4v) is 10.7. The zero-order valence-electron chi connectivity index (χ0n) is 19.1. The maximum atomic E-state index is 7.58. The van der Waals surface area contributed by atoms with Crippen molar-refractivity contribution in [2.75, 3.05) is 5.09 Å². The molecule has 1 aliphatic rings. The Balaban J connectivity index is 1.70. The Morgan fingerprint density at radius 3 is 1.26 bits per heavy atom. The van der Waals surface area contributed by atoms with Crippen molar-refractivity contribution in [2.45, 2.75) is 0 Å². The van der Waals surface area contributed by atoms with E-state index in [0.29, 0.717) is 0 Å². The standard InChI is InChI=1S/C32H24NOP/c1-4-14-24(15-5-1)35(25-16-6-2-7-17-25,26-18-8-3-9-19-26)33-31-29-22-12-10-20-27(29)28-21-11-13-23-30(28)32(31)34-35/h1-23,33H. The van der Waals surface area contributed by atoms with Crippen molar-refractivity contribution in [1.82, 2.24) is 0 Å². The summed E-state index contributed by atoms with van der Waals surface area (Å²) in [6.45, 7) is -3.63. The number of hydrogen-bond donors (Lipinski definition) is 1. The van der Waals surface area contributed by atoms with E-state index in [2.05, 4.69) is 145 Å². The molecule has 0 saturated carbocycles. The first kappa shape index (κ1) is 20.3. The van der Waals surface area contributed by atoms with Gasteiger partial charge in [-0.2, -0.15) is 0 Å². The summed E-state index contributed by atoms with van der Waals surface area (Å²) in [7, 11) is 0. The molecule has 0 amide bonds. The Kier molecular flexibility index (Phi) is 4.30. The molecular formula is C32H24NOP. The van der Waals surface area contributed by atoms with E-state index in [-0.39, 0.29) is 0 Å². The Hall–Kier alpha value is -4.13. The van der Waals surface area contributed by atoms with Crippen molar-refractivity contribution < 1.29 is 4.52 Å². The molecule has 0 aliphatic carbocycles. The van der Waals surface area contributed by atoms with E-state index in [1.54, 1.807) is 0 Å². The van der Waals surface area contributed by atoms with Crippen LogP contribution in [0, 0.1) is 0 Å². The first-order valence-corrected chi connectivity index (χ1v) is 14.1. The van der Waals surface area contributed by atoms with Gasteiger partial charge < -0.3 is 0 Å². The minimum absolute atomic E-state index is 0.925. The predicted octanol–water partition coefficient (Wildman–Crippen LogP) is 7.16. The van der Waals surface area contributed by atoms with Gasteiger partial charge in [-0.15, -0.1) is 0 Å². The summed E-state index contributed by atoms with van der Waals surface area (Å²) in [6.07, 6.45) is 0. The van der Waals surface area contributed by atoms with Crippen LogP contribution >= 0.6 is 6.98 Å². The van der Waals surface area contributed by atoms with Crippen LogP contribution < -0.4 is 25.5 Å². The topological polar surface area (TPSA) is 21.3 Å². The Bertz CT molecular complexity index is 1530. The maximum absolute atomic E-state index is 7.58. The number of rotatable bonds is 3. The van der Waals surface area contributed by atoms with Gasteiger partial charge in [-0.1, -0.05) is 0 Å². The van der Waals surface area contributed by atoms with E-state index in [4.69, 9.17) is 4.52 Å². The average molecular weight is 470 g/mol. The molecule has 6 aromatic carbocycles. The van der Waals surface area contributed by atoms with Crippen molar-refractivity contribution in [3.05, 3.63) is 140 Å². The van der Waals surface area contributed by atoms with E-state index >= 15 is 0 Å². The molecule has 168 valence electrons. The number of benzene rings is 6. The SMILES string of the molecule is c1ccc(P2(c3ccccc3)(c3ccccc3)Nc3c(c4ccccc4c4ccccc34)O2)cc1. The van der Waals surface area contributed by atoms with Crippen molar-refractivity contribution >= 4 is 50.1 Å². The van der Waals surface area contributed by atoms with Gasteiger partial charge in [0.2, 0.25) is 0 Å². The summed E-state index contributed by atoms with van der Waals surface area (Å²) in [4.78, 5) is 0. The molecular weight excluding hydrogens is 445 g/mol. The quantitative estimate of drug-likeness (QED) is 0.219. The number of anilines is 1. The van der Waals surface area contributed by atoms with E-state index in [0.717, 1.165) is 32.7 Å². The zero-order chi connectivity index (χ0) is 23.3. The molecule has 0 bridgehead atoms. The summed E-state index contributed by atoms with van der Waals surface area (Å²) in [6, 6.07) is 49.4. The van der Waals surface area contributed by atoms with E-state index in [1.807, 2.05) is 0 Å². The summed E-state index contributed by atoms with van der Waals surface area (Å²) in [5.41, 5.74) is 1.06. The van der Waals surface area contributed by atoms with Crippen LogP contribution in [0.25, 0.3) is 21.5 Å². The zero-order valence-corrected chi connectivity index (χ0v) is 20.0. The number of nitrogens with one attached hydrogen (secondary N) is 1. The fraction of sp³-hybridized carbons (Fsp3) is 0. The van der Waals surface area contributed by atoms with Crippen LogP contribution in [0.1, 0.15) is 0 Å². The van der Waals surface area contributed by atoms with Crippen LogP contribution in [0.3, 0.4) is 0 Å². The van der Waals surface area contributed by atoms with E-state index in [1.165, 1.54) is 16.2 Å². The van der Waals surface area contributed by atoms with Crippen LogP contribution in [0.4, 0.5) is 5.69 Å². The summed E-state index contributed by atoms with van der Waals surface area (Å²) < 4.78 is 7.58. The molecule has 3 heteroatoms. The van der Waals surface area contributed by atoms with Gasteiger partial charge in [-0.05, 0) is 0 Å². The molecule has 35 heavy (non-hydrogen) atoms. The molecule has 0 fully saturated rings. The second kappa shape index (κ2) is 7.43. The molecule has 1 N–H and O–H groups in total. The minimum atomic E-state index is -3.63. The number of hydrogen-bond acceptors (Lipinski definition) is 2. The third kappa shape index (κ3) is 2.63. The van der Waals surface area contributed by atoms with Crippen LogP contribution in [0.15, 0.2) is 140 Å². The molecule has 1 heterocycles. The second-order valence-electron chi connectivity index (χ2n) is 9.04. The summed E-state index contributed by atoms with van der Waals surface area (Å²) in [5, 5.41) is 12.3. The molecule has 0 radical (unpaired) electrons. The molecule has 0 unspecified atom stereocenters.